The summed E-state index contributed by atoms with van der Waals surface area (Å²) in [6.07, 6.45) is 1.38. The highest BCUT2D eigenvalue weighted by atomic mass is 35.5. The predicted molar refractivity (Wildman–Crippen MR) is 93.2 cm³/mol. The Labute approximate surface area is 151 Å². The molecule has 0 aliphatic heterocycles. The van der Waals surface area contributed by atoms with E-state index in [1.165, 1.54) is 30.5 Å². The molecule has 0 atom stereocenters. The summed E-state index contributed by atoms with van der Waals surface area (Å²) in [4.78, 5) is 16.2. The van der Waals surface area contributed by atoms with Crippen LogP contribution in [-0.4, -0.2) is 10.9 Å². The minimum absolute atomic E-state index is 0.0676. The number of hydrogen-bond acceptors (Lipinski definition) is 3. The maximum absolute atomic E-state index is 13.3. The minimum atomic E-state index is -0.991. The number of hydrogen-bond donors (Lipinski definition) is 2. The first-order chi connectivity index (χ1) is 12.4. The fourth-order valence-corrected chi connectivity index (χ4v) is 2.32. The van der Waals surface area contributed by atoms with Crippen molar-refractivity contribution in [3.05, 3.63) is 82.9 Å². The van der Waals surface area contributed by atoms with Crippen molar-refractivity contribution >= 4 is 34.6 Å². The molecule has 1 aromatic heterocycles. The average Bonchev–Trinajstić information content (AvgIpc) is 2.61. The second-order valence-corrected chi connectivity index (χ2v) is 5.67. The van der Waals surface area contributed by atoms with Crippen LogP contribution in [0.1, 0.15) is 10.5 Å². The molecule has 0 saturated heterocycles. The SMILES string of the molecule is O=C(Nc1ccc(F)c(Cl)c1)c1cc(Nc2ccc(F)c(F)c2)ccn1. The first-order valence-corrected chi connectivity index (χ1v) is 7.75. The maximum Gasteiger partial charge on any atom is 0.274 e. The third-order valence-electron chi connectivity index (χ3n) is 3.38. The second-order valence-electron chi connectivity index (χ2n) is 5.27. The van der Waals surface area contributed by atoms with E-state index in [2.05, 4.69) is 15.6 Å². The lowest BCUT2D eigenvalue weighted by Gasteiger charge is -2.09. The molecular formula is C18H11ClF3N3O. The van der Waals surface area contributed by atoms with Crippen molar-refractivity contribution in [3.8, 4) is 0 Å². The zero-order valence-electron chi connectivity index (χ0n) is 13.1. The molecule has 2 aromatic carbocycles. The van der Waals surface area contributed by atoms with Gasteiger partial charge in [0.2, 0.25) is 0 Å². The zero-order valence-corrected chi connectivity index (χ0v) is 13.8. The molecule has 8 heteroatoms. The van der Waals surface area contributed by atoms with Crippen LogP contribution in [0.2, 0.25) is 5.02 Å². The van der Waals surface area contributed by atoms with Crippen LogP contribution in [0.4, 0.5) is 30.2 Å². The molecule has 0 aliphatic carbocycles. The van der Waals surface area contributed by atoms with E-state index >= 15 is 0 Å². The summed E-state index contributed by atoms with van der Waals surface area (Å²) in [5.74, 6) is -3.08. The van der Waals surface area contributed by atoms with Crippen molar-refractivity contribution in [3.63, 3.8) is 0 Å². The van der Waals surface area contributed by atoms with E-state index in [4.69, 9.17) is 11.6 Å². The number of nitrogens with one attached hydrogen (secondary N) is 2. The molecule has 26 heavy (non-hydrogen) atoms. The Bertz CT molecular complexity index is 982. The van der Waals surface area contributed by atoms with Crippen molar-refractivity contribution in [1.29, 1.82) is 0 Å². The molecule has 1 heterocycles. The number of rotatable bonds is 4. The van der Waals surface area contributed by atoms with E-state index in [-0.39, 0.29) is 10.7 Å². The highest BCUT2D eigenvalue weighted by Gasteiger charge is 2.10. The Hall–Kier alpha value is -3.06. The van der Waals surface area contributed by atoms with Crippen LogP contribution in [0.5, 0.6) is 0 Å². The van der Waals surface area contributed by atoms with Gasteiger partial charge in [-0.2, -0.15) is 0 Å². The number of carbonyl (C=O) groups excluding carboxylic acids is 1. The summed E-state index contributed by atoms with van der Waals surface area (Å²) < 4.78 is 39.4. The maximum atomic E-state index is 13.3. The lowest BCUT2D eigenvalue weighted by Crippen LogP contribution is -2.13. The summed E-state index contributed by atoms with van der Waals surface area (Å²) in [7, 11) is 0. The van der Waals surface area contributed by atoms with Crippen LogP contribution in [0.3, 0.4) is 0 Å². The number of benzene rings is 2. The van der Waals surface area contributed by atoms with Gasteiger partial charge in [0.05, 0.1) is 5.02 Å². The van der Waals surface area contributed by atoms with Gasteiger partial charge in [-0.25, -0.2) is 13.2 Å². The summed E-state index contributed by atoms with van der Waals surface area (Å²) in [6, 6.07) is 10.1. The Morgan fingerprint density at radius 3 is 2.27 bits per heavy atom. The first kappa shape index (κ1) is 17.8. The van der Waals surface area contributed by atoms with Gasteiger partial charge in [-0.05, 0) is 42.5 Å². The largest absolute Gasteiger partial charge is 0.355 e. The Morgan fingerprint density at radius 2 is 1.54 bits per heavy atom. The van der Waals surface area contributed by atoms with Gasteiger partial charge in [0, 0.05) is 29.3 Å². The highest BCUT2D eigenvalue weighted by molar-refractivity contribution is 6.31. The smallest absolute Gasteiger partial charge is 0.274 e. The molecule has 0 radical (unpaired) electrons. The van der Waals surface area contributed by atoms with Crippen LogP contribution < -0.4 is 10.6 Å². The van der Waals surface area contributed by atoms with Crippen molar-refractivity contribution in [2.45, 2.75) is 0 Å². The van der Waals surface area contributed by atoms with E-state index in [0.29, 0.717) is 17.1 Å². The number of carbonyl (C=O) groups is 1. The average molecular weight is 378 g/mol. The topological polar surface area (TPSA) is 54.0 Å². The predicted octanol–water partition coefficient (Wildman–Crippen LogP) is 5.15. The lowest BCUT2D eigenvalue weighted by molar-refractivity contribution is 0.102. The summed E-state index contributed by atoms with van der Waals surface area (Å²) in [5.41, 5.74) is 1.14. The van der Waals surface area contributed by atoms with Gasteiger partial charge in [-0.15, -0.1) is 0 Å². The Balaban J connectivity index is 1.76. The molecule has 0 spiro atoms. The van der Waals surface area contributed by atoms with Crippen molar-refractivity contribution in [2.75, 3.05) is 10.6 Å². The number of amides is 1. The lowest BCUT2D eigenvalue weighted by atomic mass is 10.2. The van der Waals surface area contributed by atoms with Crippen molar-refractivity contribution < 1.29 is 18.0 Å². The number of pyridine rings is 1. The molecular weight excluding hydrogens is 367 g/mol. The van der Waals surface area contributed by atoms with E-state index in [1.54, 1.807) is 6.07 Å². The fraction of sp³-hybridized carbons (Fsp3) is 0. The molecule has 2 N–H and O–H groups in total. The van der Waals surface area contributed by atoms with Crippen molar-refractivity contribution in [2.24, 2.45) is 0 Å². The van der Waals surface area contributed by atoms with Gasteiger partial charge < -0.3 is 10.6 Å². The monoisotopic (exact) mass is 377 g/mol. The highest BCUT2D eigenvalue weighted by Crippen LogP contribution is 2.21. The van der Waals surface area contributed by atoms with Gasteiger partial charge in [0.25, 0.3) is 5.91 Å². The summed E-state index contributed by atoms with van der Waals surface area (Å²) in [5, 5.41) is 5.27. The molecule has 0 bridgehead atoms. The number of nitrogens with zero attached hydrogens (tertiary/aromatic N) is 1. The van der Waals surface area contributed by atoms with Crippen LogP contribution in [-0.2, 0) is 0 Å². The minimum Gasteiger partial charge on any atom is -0.355 e. The number of anilines is 3. The molecule has 132 valence electrons. The van der Waals surface area contributed by atoms with E-state index in [9.17, 15) is 18.0 Å². The molecule has 3 aromatic rings. The van der Waals surface area contributed by atoms with Crippen LogP contribution >= 0.6 is 11.6 Å². The Kier molecular flexibility index (Phi) is 5.09. The molecule has 1 amide bonds. The van der Waals surface area contributed by atoms with Gasteiger partial charge in [-0.1, -0.05) is 11.6 Å². The first-order valence-electron chi connectivity index (χ1n) is 7.37. The van der Waals surface area contributed by atoms with Crippen molar-refractivity contribution in [1.82, 2.24) is 4.98 Å². The summed E-state index contributed by atoms with van der Waals surface area (Å²) >= 11 is 5.67. The second kappa shape index (κ2) is 7.45. The number of aromatic nitrogens is 1. The standard InChI is InChI=1S/C18H11ClF3N3O/c19-13-7-10(1-3-14(13)20)25-18(26)17-9-12(5-6-23-17)24-11-2-4-15(21)16(22)8-11/h1-9H,(H,23,24)(H,25,26). The molecule has 0 unspecified atom stereocenters. The van der Waals surface area contributed by atoms with E-state index in [1.807, 2.05) is 0 Å². The third kappa shape index (κ3) is 4.12. The normalized spacial score (nSPS) is 10.5. The quantitative estimate of drug-likeness (QED) is 0.661. The molecule has 0 aliphatic rings. The summed E-state index contributed by atoms with van der Waals surface area (Å²) in [6.45, 7) is 0. The third-order valence-corrected chi connectivity index (χ3v) is 3.67. The molecule has 3 rings (SSSR count). The van der Waals surface area contributed by atoms with Crippen LogP contribution in [0.15, 0.2) is 54.7 Å². The van der Waals surface area contributed by atoms with Gasteiger partial charge in [0.15, 0.2) is 11.6 Å². The molecule has 0 saturated carbocycles. The zero-order chi connectivity index (χ0) is 18.7. The van der Waals surface area contributed by atoms with Gasteiger partial charge >= 0.3 is 0 Å². The van der Waals surface area contributed by atoms with Gasteiger partial charge in [0.1, 0.15) is 11.5 Å². The molecule has 0 fully saturated rings. The fourth-order valence-electron chi connectivity index (χ4n) is 2.14. The van der Waals surface area contributed by atoms with E-state index < -0.39 is 23.4 Å². The number of halogens is 4. The van der Waals surface area contributed by atoms with E-state index in [0.717, 1.165) is 18.2 Å². The molecule has 4 nitrogen and oxygen atoms in total. The van der Waals surface area contributed by atoms with Crippen LogP contribution in [0.25, 0.3) is 0 Å². The van der Waals surface area contributed by atoms with Crippen LogP contribution in [0, 0.1) is 17.5 Å². The Morgan fingerprint density at radius 1 is 0.846 bits per heavy atom. The van der Waals surface area contributed by atoms with Gasteiger partial charge in [-0.3, -0.25) is 9.78 Å².